The highest BCUT2D eigenvalue weighted by molar-refractivity contribution is 5.87. The Morgan fingerprint density at radius 1 is 1.47 bits per heavy atom. The van der Waals surface area contributed by atoms with Gasteiger partial charge in [0, 0.05) is 18.0 Å². The Morgan fingerprint density at radius 3 is 2.89 bits per heavy atom. The monoisotopic (exact) mass is 261 g/mol. The number of fused-ring (bicyclic) bond motifs is 1. The molecule has 0 aromatic carbocycles. The largest absolute Gasteiger partial charge is 0.463 e. The second kappa shape index (κ2) is 5.09. The Balaban J connectivity index is 2.31. The van der Waals surface area contributed by atoms with Crippen molar-refractivity contribution in [1.82, 2.24) is 14.2 Å². The normalized spacial score (nSPS) is 10.6. The number of carbonyl (C=O) groups excluding carboxylic acids is 1. The second-order valence-corrected chi connectivity index (χ2v) is 4.17. The van der Waals surface area contributed by atoms with Gasteiger partial charge in [-0.2, -0.15) is 5.10 Å². The number of hydrogen-bond acceptors (Lipinski definition) is 4. The van der Waals surface area contributed by atoms with Crippen molar-refractivity contribution in [2.24, 2.45) is 0 Å². The van der Waals surface area contributed by atoms with E-state index in [1.54, 1.807) is 25.4 Å². The molecule has 0 amide bonds. The lowest BCUT2D eigenvalue weighted by molar-refractivity contribution is -0.138. The van der Waals surface area contributed by atoms with E-state index in [2.05, 4.69) is 11.7 Å². The fourth-order valence-electron chi connectivity index (χ4n) is 1.78. The van der Waals surface area contributed by atoms with Crippen molar-refractivity contribution < 1.29 is 9.53 Å². The summed E-state index contributed by atoms with van der Waals surface area (Å²) in [7, 11) is 0. The molecule has 0 aliphatic heterocycles. The number of rotatable bonds is 4. The Labute approximate surface area is 109 Å². The summed E-state index contributed by atoms with van der Waals surface area (Å²) in [6.45, 7) is 7.57. The average Bonchev–Trinajstić information content (AvgIpc) is 2.74. The Morgan fingerprint density at radius 2 is 2.21 bits per heavy atom. The van der Waals surface area contributed by atoms with Crippen molar-refractivity contribution in [1.29, 1.82) is 0 Å². The zero-order valence-electron chi connectivity index (χ0n) is 10.9. The smallest absolute Gasteiger partial charge is 0.335 e. The minimum Gasteiger partial charge on any atom is -0.463 e. The first-order valence-corrected chi connectivity index (χ1v) is 5.93. The van der Waals surface area contributed by atoms with Crippen LogP contribution in [0.25, 0.3) is 5.52 Å². The van der Waals surface area contributed by atoms with Gasteiger partial charge in [-0.15, -0.1) is 0 Å². The molecule has 2 heterocycles. The molecule has 0 radical (unpaired) electrons. The summed E-state index contributed by atoms with van der Waals surface area (Å²) in [6, 6.07) is 1.70. The van der Waals surface area contributed by atoms with Crippen LogP contribution in [-0.4, -0.2) is 26.8 Å². The quantitative estimate of drug-likeness (QED) is 0.606. The van der Waals surface area contributed by atoms with Gasteiger partial charge in [0.15, 0.2) is 0 Å². The summed E-state index contributed by atoms with van der Waals surface area (Å²) < 4.78 is 7.76. The van der Waals surface area contributed by atoms with Crippen LogP contribution in [0.15, 0.2) is 35.4 Å². The lowest BCUT2D eigenvalue weighted by atomic mass is 10.3. The lowest BCUT2D eigenvalue weighted by Crippen LogP contribution is -2.24. The summed E-state index contributed by atoms with van der Waals surface area (Å²) in [5.41, 5.74) is 1.26. The van der Waals surface area contributed by atoms with Crippen molar-refractivity contribution in [3.8, 4) is 0 Å². The zero-order valence-corrected chi connectivity index (χ0v) is 10.9. The topological polar surface area (TPSA) is 65.6 Å². The highest BCUT2D eigenvalue weighted by atomic mass is 16.5. The molecule has 0 N–H and O–H groups in total. The van der Waals surface area contributed by atoms with Gasteiger partial charge in [-0.25, -0.2) is 9.31 Å². The molecule has 2 rings (SSSR count). The number of esters is 1. The number of aromatic nitrogens is 3. The van der Waals surface area contributed by atoms with E-state index in [1.165, 1.54) is 9.08 Å². The SMILES string of the molecule is C=C(Cn1ccn2nc(C)cc2c1=O)C(=O)OCC. The van der Waals surface area contributed by atoms with Crippen LogP contribution in [0.5, 0.6) is 0 Å². The number of ether oxygens (including phenoxy) is 1. The zero-order chi connectivity index (χ0) is 14.0. The summed E-state index contributed by atoms with van der Waals surface area (Å²) in [6.07, 6.45) is 3.24. The van der Waals surface area contributed by atoms with E-state index >= 15 is 0 Å². The fourth-order valence-corrected chi connectivity index (χ4v) is 1.78. The van der Waals surface area contributed by atoms with Crippen molar-refractivity contribution >= 4 is 11.5 Å². The molecule has 0 aliphatic rings. The van der Waals surface area contributed by atoms with E-state index < -0.39 is 5.97 Å². The van der Waals surface area contributed by atoms with Crippen molar-refractivity contribution in [3.63, 3.8) is 0 Å². The predicted molar refractivity (Wildman–Crippen MR) is 70.0 cm³/mol. The van der Waals surface area contributed by atoms with Crippen molar-refractivity contribution in [3.05, 3.63) is 46.7 Å². The van der Waals surface area contributed by atoms with Gasteiger partial charge >= 0.3 is 5.97 Å². The maximum absolute atomic E-state index is 12.2. The van der Waals surface area contributed by atoms with Gasteiger partial charge < -0.3 is 9.30 Å². The Kier molecular flexibility index (Phi) is 3.50. The van der Waals surface area contributed by atoms with Gasteiger partial charge in [0.25, 0.3) is 5.56 Å². The van der Waals surface area contributed by atoms with E-state index in [-0.39, 0.29) is 24.3 Å². The standard InChI is InChI=1S/C13H15N3O3/c1-4-19-13(18)9(2)8-15-5-6-16-11(12(15)17)7-10(3)14-16/h5-7H,2,4,8H2,1,3H3. The molecule has 19 heavy (non-hydrogen) atoms. The first-order valence-electron chi connectivity index (χ1n) is 5.93. The third kappa shape index (κ3) is 2.57. The van der Waals surface area contributed by atoms with E-state index in [4.69, 9.17) is 4.74 Å². The Hall–Kier alpha value is -2.37. The van der Waals surface area contributed by atoms with Crippen LogP contribution in [0.2, 0.25) is 0 Å². The van der Waals surface area contributed by atoms with Crippen LogP contribution >= 0.6 is 0 Å². The van der Waals surface area contributed by atoms with E-state index in [0.717, 1.165) is 5.69 Å². The molecular weight excluding hydrogens is 246 g/mol. The van der Waals surface area contributed by atoms with Crippen LogP contribution in [0.3, 0.4) is 0 Å². The van der Waals surface area contributed by atoms with E-state index in [0.29, 0.717) is 5.52 Å². The van der Waals surface area contributed by atoms with Crippen molar-refractivity contribution in [2.45, 2.75) is 20.4 Å². The molecule has 0 atom stereocenters. The van der Waals surface area contributed by atoms with Gasteiger partial charge in [-0.05, 0) is 19.9 Å². The maximum atomic E-state index is 12.2. The first kappa shape index (κ1) is 13.1. The molecule has 2 aromatic heterocycles. The summed E-state index contributed by atoms with van der Waals surface area (Å²) in [5.74, 6) is -0.487. The van der Waals surface area contributed by atoms with Crippen LogP contribution in [0.1, 0.15) is 12.6 Å². The molecule has 100 valence electrons. The minimum atomic E-state index is -0.487. The summed E-state index contributed by atoms with van der Waals surface area (Å²) in [4.78, 5) is 23.6. The highest BCUT2D eigenvalue weighted by Gasteiger charge is 2.11. The van der Waals surface area contributed by atoms with Gasteiger partial charge in [-0.1, -0.05) is 6.58 Å². The average molecular weight is 261 g/mol. The molecule has 6 nitrogen and oxygen atoms in total. The maximum Gasteiger partial charge on any atom is 0.335 e. The predicted octanol–water partition coefficient (Wildman–Crippen LogP) is 0.924. The molecule has 0 unspecified atom stereocenters. The molecule has 0 fully saturated rings. The number of hydrogen-bond donors (Lipinski definition) is 0. The second-order valence-electron chi connectivity index (χ2n) is 4.17. The Bertz CT molecular complexity index is 697. The van der Waals surface area contributed by atoms with Gasteiger partial charge in [0.05, 0.1) is 18.8 Å². The summed E-state index contributed by atoms with van der Waals surface area (Å²) in [5, 5.41) is 4.15. The molecular formula is C13H15N3O3. The molecule has 0 saturated carbocycles. The number of aryl methyl sites for hydroxylation is 1. The first-order chi connectivity index (χ1) is 9.02. The lowest BCUT2D eigenvalue weighted by Gasteiger charge is -2.08. The fraction of sp³-hybridized carbons (Fsp3) is 0.308. The highest BCUT2D eigenvalue weighted by Crippen LogP contribution is 2.03. The molecule has 2 aromatic rings. The molecule has 0 spiro atoms. The van der Waals surface area contributed by atoms with Crippen LogP contribution in [0.4, 0.5) is 0 Å². The van der Waals surface area contributed by atoms with Gasteiger partial charge in [0.2, 0.25) is 0 Å². The van der Waals surface area contributed by atoms with Gasteiger partial charge in [0.1, 0.15) is 5.52 Å². The summed E-state index contributed by atoms with van der Waals surface area (Å²) >= 11 is 0. The number of nitrogens with zero attached hydrogens (tertiary/aromatic N) is 3. The molecule has 0 bridgehead atoms. The molecule has 0 aliphatic carbocycles. The van der Waals surface area contributed by atoms with Crippen LogP contribution in [0, 0.1) is 6.92 Å². The van der Waals surface area contributed by atoms with Crippen molar-refractivity contribution in [2.75, 3.05) is 6.61 Å². The third-order valence-electron chi connectivity index (χ3n) is 2.65. The number of carbonyl (C=O) groups is 1. The van der Waals surface area contributed by atoms with E-state index in [9.17, 15) is 9.59 Å². The third-order valence-corrected chi connectivity index (χ3v) is 2.65. The van der Waals surface area contributed by atoms with Crippen LogP contribution in [-0.2, 0) is 16.1 Å². The van der Waals surface area contributed by atoms with Gasteiger partial charge in [-0.3, -0.25) is 4.79 Å². The van der Waals surface area contributed by atoms with Crippen LogP contribution < -0.4 is 5.56 Å². The molecule has 0 saturated heterocycles. The molecule has 6 heteroatoms. The van der Waals surface area contributed by atoms with E-state index in [1.807, 2.05) is 6.92 Å². The minimum absolute atomic E-state index is 0.110.